The molecule has 10 heteroatoms. The predicted octanol–water partition coefficient (Wildman–Crippen LogP) is 14.3. The number of nitrogens with two attached hydrogens (primary N) is 1. The van der Waals surface area contributed by atoms with E-state index in [0.29, 0.717) is 19.3 Å². The molecule has 0 rings (SSSR count). The van der Waals surface area contributed by atoms with E-state index in [4.69, 9.17) is 24.3 Å². The fourth-order valence-electron chi connectivity index (χ4n) is 5.55. The minimum Gasteiger partial charge on any atom is -0.462 e. The van der Waals surface area contributed by atoms with Gasteiger partial charge >= 0.3 is 19.8 Å². The van der Waals surface area contributed by atoms with Gasteiger partial charge in [0.2, 0.25) is 0 Å². The van der Waals surface area contributed by atoms with Crippen molar-refractivity contribution in [2.45, 2.75) is 161 Å². The molecule has 0 saturated heterocycles. The summed E-state index contributed by atoms with van der Waals surface area (Å²) in [5.74, 6) is -0.931. The molecule has 0 radical (unpaired) electrons. The average molecular weight is 894 g/mol. The third-order valence-corrected chi connectivity index (χ3v) is 9.99. The topological polar surface area (TPSA) is 134 Å². The first-order valence-corrected chi connectivity index (χ1v) is 25.2. The largest absolute Gasteiger partial charge is 0.472 e. The van der Waals surface area contributed by atoms with Crippen LogP contribution in [0.2, 0.25) is 0 Å². The minimum absolute atomic E-state index is 0.0341. The number of phosphoric acid groups is 1. The van der Waals surface area contributed by atoms with Crippen LogP contribution >= 0.6 is 7.82 Å². The number of unbranched alkanes of at least 4 members (excludes halogenated alkanes) is 7. The van der Waals surface area contributed by atoms with Crippen molar-refractivity contribution < 1.29 is 37.6 Å². The molecule has 0 aromatic rings. The lowest BCUT2D eigenvalue weighted by molar-refractivity contribution is -0.161. The third kappa shape index (κ3) is 47.5. The molecular weight excluding hydrogens is 810 g/mol. The molecular formula is C53H84NO8P. The summed E-state index contributed by atoms with van der Waals surface area (Å²) in [5.41, 5.74) is 5.35. The van der Waals surface area contributed by atoms with Crippen LogP contribution in [-0.4, -0.2) is 49.3 Å². The van der Waals surface area contributed by atoms with E-state index in [9.17, 15) is 19.0 Å². The quantitative estimate of drug-likeness (QED) is 0.0266. The Balaban J connectivity index is 4.25. The van der Waals surface area contributed by atoms with Crippen molar-refractivity contribution in [3.05, 3.63) is 134 Å². The van der Waals surface area contributed by atoms with Crippen molar-refractivity contribution in [3.63, 3.8) is 0 Å². The van der Waals surface area contributed by atoms with Gasteiger partial charge in [-0.1, -0.05) is 173 Å². The Morgan fingerprint density at radius 1 is 0.492 bits per heavy atom. The fourth-order valence-corrected chi connectivity index (χ4v) is 6.32. The Kier molecular flexibility index (Phi) is 44.7. The third-order valence-electron chi connectivity index (χ3n) is 9.00. The Labute approximate surface area is 383 Å². The lowest BCUT2D eigenvalue weighted by atomic mass is 10.1. The standard InChI is InChI=1S/C53H84NO8P/c1-3-5-7-9-11-13-15-17-18-19-20-21-22-23-24-25-26-27-28-29-30-31-32-34-36-38-40-42-44-46-53(56)62-51(50-61-63(57,58)60-48-47-54)49-59-52(55)45-43-41-39-37-35-33-16-14-12-10-8-6-4-2/h5,7-8,10-11,13-14,16-18,20-21,23-24,26-27,29-30,32,34,38,40,51H,3-4,6,9,12,15,19,22,25,28,31,33,35-37,39,41-50,54H2,1-2H3,(H,57,58)/b7-5-,10-8-,13-11-,16-14-,18-17-,21-20-,24-23-,27-26-,30-29-,34-32-,40-38-. The van der Waals surface area contributed by atoms with E-state index in [2.05, 4.69) is 141 Å². The summed E-state index contributed by atoms with van der Waals surface area (Å²) in [6.07, 6.45) is 66.4. The highest BCUT2D eigenvalue weighted by Gasteiger charge is 2.25. The second-order valence-electron chi connectivity index (χ2n) is 14.9. The van der Waals surface area contributed by atoms with E-state index in [-0.39, 0.29) is 32.6 Å². The second-order valence-corrected chi connectivity index (χ2v) is 16.3. The summed E-state index contributed by atoms with van der Waals surface area (Å²) in [7, 11) is -4.41. The molecule has 354 valence electrons. The Morgan fingerprint density at radius 2 is 0.889 bits per heavy atom. The number of carbonyl (C=O) groups excluding carboxylic acids is 2. The number of esters is 2. The van der Waals surface area contributed by atoms with Crippen molar-refractivity contribution in [2.75, 3.05) is 26.4 Å². The van der Waals surface area contributed by atoms with Gasteiger partial charge in [-0.25, -0.2) is 4.57 Å². The normalized spacial score (nSPS) is 14.4. The summed E-state index contributed by atoms with van der Waals surface area (Å²) in [6.45, 7) is 3.43. The van der Waals surface area contributed by atoms with E-state index in [0.717, 1.165) is 103 Å². The summed E-state index contributed by atoms with van der Waals surface area (Å²) >= 11 is 0. The number of rotatable bonds is 42. The van der Waals surface area contributed by atoms with E-state index < -0.39 is 32.5 Å². The summed E-state index contributed by atoms with van der Waals surface area (Å²) in [4.78, 5) is 34.9. The molecule has 2 unspecified atom stereocenters. The van der Waals surface area contributed by atoms with Gasteiger partial charge in [-0.05, 0) is 103 Å². The molecule has 0 bridgehead atoms. The van der Waals surface area contributed by atoms with E-state index in [1.54, 1.807) is 0 Å². The van der Waals surface area contributed by atoms with Crippen LogP contribution < -0.4 is 5.73 Å². The highest BCUT2D eigenvalue weighted by molar-refractivity contribution is 7.47. The first-order valence-electron chi connectivity index (χ1n) is 23.7. The number of phosphoric ester groups is 1. The molecule has 0 aliphatic heterocycles. The molecule has 2 atom stereocenters. The zero-order chi connectivity index (χ0) is 46.0. The van der Waals surface area contributed by atoms with Gasteiger partial charge < -0.3 is 20.1 Å². The van der Waals surface area contributed by atoms with Crippen molar-refractivity contribution in [3.8, 4) is 0 Å². The Hall–Kier alpha value is -3.85. The van der Waals surface area contributed by atoms with Crippen molar-refractivity contribution in [1.29, 1.82) is 0 Å². The van der Waals surface area contributed by atoms with Gasteiger partial charge in [0.1, 0.15) is 6.61 Å². The van der Waals surface area contributed by atoms with Gasteiger partial charge in [0.15, 0.2) is 6.10 Å². The van der Waals surface area contributed by atoms with Crippen molar-refractivity contribution in [1.82, 2.24) is 0 Å². The van der Waals surface area contributed by atoms with E-state index in [1.807, 2.05) is 6.08 Å². The maximum absolute atomic E-state index is 12.6. The first-order chi connectivity index (χ1) is 30.8. The van der Waals surface area contributed by atoms with Gasteiger partial charge in [-0.2, -0.15) is 0 Å². The molecule has 0 aromatic carbocycles. The second kappa shape index (κ2) is 47.6. The van der Waals surface area contributed by atoms with Crippen LogP contribution in [0, 0.1) is 0 Å². The fraction of sp³-hybridized carbons (Fsp3) is 0.547. The average Bonchev–Trinajstić information content (AvgIpc) is 3.27. The van der Waals surface area contributed by atoms with E-state index in [1.165, 1.54) is 6.42 Å². The van der Waals surface area contributed by atoms with Crippen LogP contribution in [0.4, 0.5) is 0 Å². The molecule has 0 saturated carbocycles. The number of hydrogen-bond donors (Lipinski definition) is 2. The molecule has 9 nitrogen and oxygen atoms in total. The van der Waals surface area contributed by atoms with Gasteiger partial charge in [0.05, 0.1) is 13.2 Å². The highest BCUT2D eigenvalue weighted by atomic mass is 31.2. The Morgan fingerprint density at radius 3 is 1.35 bits per heavy atom. The van der Waals surface area contributed by atoms with Crippen molar-refractivity contribution >= 4 is 19.8 Å². The van der Waals surface area contributed by atoms with Gasteiger partial charge in [0.25, 0.3) is 0 Å². The van der Waals surface area contributed by atoms with Crippen LogP contribution in [0.3, 0.4) is 0 Å². The summed E-state index contributed by atoms with van der Waals surface area (Å²) in [5, 5.41) is 0. The number of carbonyl (C=O) groups is 2. The Bertz CT molecular complexity index is 1480. The van der Waals surface area contributed by atoms with Gasteiger partial charge in [-0.15, -0.1) is 0 Å². The summed E-state index contributed by atoms with van der Waals surface area (Å²) in [6, 6.07) is 0. The monoisotopic (exact) mass is 894 g/mol. The van der Waals surface area contributed by atoms with Crippen molar-refractivity contribution in [2.24, 2.45) is 5.73 Å². The van der Waals surface area contributed by atoms with Crippen LogP contribution in [-0.2, 0) is 32.7 Å². The van der Waals surface area contributed by atoms with Crippen LogP contribution in [0.25, 0.3) is 0 Å². The highest BCUT2D eigenvalue weighted by Crippen LogP contribution is 2.43. The minimum atomic E-state index is -4.41. The van der Waals surface area contributed by atoms with Crippen LogP contribution in [0.5, 0.6) is 0 Å². The molecule has 0 aliphatic rings. The molecule has 0 aromatic heterocycles. The van der Waals surface area contributed by atoms with E-state index >= 15 is 0 Å². The smallest absolute Gasteiger partial charge is 0.462 e. The van der Waals surface area contributed by atoms with Crippen LogP contribution in [0.1, 0.15) is 155 Å². The molecule has 3 N–H and O–H groups in total. The van der Waals surface area contributed by atoms with Gasteiger partial charge in [0, 0.05) is 19.4 Å². The lowest BCUT2D eigenvalue weighted by Gasteiger charge is -2.19. The SMILES string of the molecule is CC/C=C\C/C=C\C/C=C\C/C=C\C/C=C\C/C=C\C/C=C\C/C=C\C/C=C\CCCC(=O)OC(COC(=O)CCCCCCC/C=C\C/C=C\CCC)COP(=O)(O)OCCN. The van der Waals surface area contributed by atoms with Gasteiger partial charge in [-0.3, -0.25) is 18.6 Å². The number of allylic oxidation sites excluding steroid dienone is 22. The molecule has 0 spiro atoms. The zero-order valence-corrected chi connectivity index (χ0v) is 39.9. The predicted molar refractivity (Wildman–Crippen MR) is 265 cm³/mol. The lowest BCUT2D eigenvalue weighted by Crippen LogP contribution is -2.29. The van der Waals surface area contributed by atoms with Crippen LogP contribution in [0.15, 0.2) is 134 Å². The molecule has 0 heterocycles. The first kappa shape index (κ1) is 59.1. The molecule has 63 heavy (non-hydrogen) atoms. The maximum Gasteiger partial charge on any atom is 0.472 e. The number of hydrogen-bond acceptors (Lipinski definition) is 8. The molecule has 0 amide bonds. The summed E-state index contributed by atoms with van der Waals surface area (Å²) < 4.78 is 32.7. The number of ether oxygens (including phenoxy) is 2. The molecule has 0 aliphatic carbocycles. The molecule has 0 fully saturated rings. The maximum atomic E-state index is 12.6. The zero-order valence-electron chi connectivity index (χ0n) is 39.0.